The SMILES string of the molecule is C[C@H](NC(=O)N[C@@H]1CCCN(c2ncccn2)C1)c1ccncc1. The van der Waals surface area contributed by atoms with Gasteiger partial charge in [0, 0.05) is 43.9 Å². The number of hydrogen-bond donors (Lipinski definition) is 2. The van der Waals surface area contributed by atoms with Crippen molar-refractivity contribution in [1.82, 2.24) is 25.6 Å². The Hall–Kier alpha value is -2.70. The molecule has 1 aliphatic heterocycles. The molecule has 2 aromatic rings. The fourth-order valence-corrected chi connectivity index (χ4v) is 2.89. The molecule has 7 nitrogen and oxygen atoms in total. The molecular formula is C17H22N6O. The lowest BCUT2D eigenvalue weighted by atomic mass is 10.1. The topological polar surface area (TPSA) is 83.0 Å². The van der Waals surface area contributed by atoms with Gasteiger partial charge in [0.1, 0.15) is 0 Å². The number of nitrogens with one attached hydrogen (secondary N) is 2. The summed E-state index contributed by atoms with van der Waals surface area (Å²) < 4.78 is 0. The molecule has 24 heavy (non-hydrogen) atoms. The van der Waals surface area contributed by atoms with E-state index in [1.54, 1.807) is 30.9 Å². The van der Waals surface area contributed by atoms with Crippen molar-refractivity contribution in [2.45, 2.75) is 31.8 Å². The molecule has 1 fully saturated rings. The summed E-state index contributed by atoms with van der Waals surface area (Å²) in [6.45, 7) is 3.60. The molecule has 126 valence electrons. The maximum Gasteiger partial charge on any atom is 0.315 e. The third-order valence-electron chi connectivity index (χ3n) is 4.15. The lowest BCUT2D eigenvalue weighted by molar-refractivity contribution is 0.232. The van der Waals surface area contributed by atoms with Crippen LogP contribution < -0.4 is 15.5 Å². The number of rotatable bonds is 4. The van der Waals surface area contributed by atoms with Crippen LogP contribution in [0.15, 0.2) is 43.0 Å². The van der Waals surface area contributed by atoms with E-state index < -0.39 is 0 Å². The summed E-state index contributed by atoms with van der Waals surface area (Å²) in [5.74, 6) is 0.717. The highest BCUT2D eigenvalue weighted by Crippen LogP contribution is 2.15. The van der Waals surface area contributed by atoms with E-state index >= 15 is 0 Å². The summed E-state index contributed by atoms with van der Waals surface area (Å²) in [5.41, 5.74) is 1.03. The quantitative estimate of drug-likeness (QED) is 0.896. The van der Waals surface area contributed by atoms with Crippen molar-refractivity contribution >= 4 is 12.0 Å². The zero-order valence-corrected chi connectivity index (χ0v) is 13.7. The third-order valence-corrected chi connectivity index (χ3v) is 4.15. The summed E-state index contributed by atoms with van der Waals surface area (Å²) in [6.07, 6.45) is 8.89. The molecule has 0 radical (unpaired) electrons. The van der Waals surface area contributed by atoms with Crippen LogP contribution in [0.4, 0.5) is 10.7 Å². The molecule has 0 unspecified atom stereocenters. The Morgan fingerprint density at radius 3 is 2.75 bits per heavy atom. The number of piperidine rings is 1. The molecule has 0 spiro atoms. The van der Waals surface area contributed by atoms with Crippen molar-refractivity contribution in [3.8, 4) is 0 Å². The number of amides is 2. The van der Waals surface area contributed by atoms with Crippen LogP contribution in [-0.4, -0.2) is 40.1 Å². The monoisotopic (exact) mass is 326 g/mol. The smallest absolute Gasteiger partial charge is 0.315 e. The van der Waals surface area contributed by atoms with E-state index in [0.717, 1.165) is 37.4 Å². The first-order chi connectivity index (χ1) is 11.7. The van der Waals surface area contributed by atoms with Gasteiger partial charge >= 0.3 is 6.03 Å². The highest BCUT2D eigenvalue weighted by molar-refractivity contribution is 5.74. The highest BCUT2D eigenvalue weighted by atomic mass is 16.2. The predicted octanol–water partition coefficient (Wildman–Crippen LogP) is 1.90. The molecule has 0 aromatic carbocycles. The summed E-state index contributed by atoms with van der Waals surface area (Å²) in [5, 5.41) is 6.03. The van der Waals surface area contributed by atoms with Gasteiger partial charge in [0.25, 0.3) is 0 Å². The second kappa shape index (κ2) is 7.72. The van der Waals surface area contributed by atoms with Crippen LogP contribution in [0.25, 0.3) is 0 Å². The van der Waals surface area contributed by atoms with Gasteiger partial charge in [-0.2, -0.15) is 0 Å². The summed E-state index contributed by atoms with van der Waals surface area (Å²) in [6, 6.07) is 5.48. The lowest BCUT2D eigenvalue weighted by Gasteiger charge is -2.33. The van der Waals surface area contributed by atoms with Crippen molar-refractivity contribution in [2.24, 2.45) is 0 Å². The number of nitrogens with zero attached hydrogens (tertiary/aromatic N) is 4. The standard InChI is InChI=1S/C17H22N6O/c1-13(14-5-9-18-10-6-14)21-17(24)22-15-4-2-11-23(12-15)16-19-7-3-8-20-16/h3,5-10,13,15H,2,4,11-12H2,1H3,(H2,21,22,24)/t13-,15+/m0/s1. The van der Waals surface area contributed by atoms with E-state index in [2.05, 4.69) is 30.5 Å². The van der Waals surface area contributed by atoms with Crippen LogP contribution in [0, 0.1) is 0 Å². The average Bonchev–Trinajstić information content (AvgIpc) is 2.63. The number of aromatic nitrogens is 3. The molecule has 2 aromatic heterocycles. The zero-order valence-electron chi connectivity index (χ0n) is 13.7. The molecule has 1 aliphatic rings. The number of urea groups is 1. The second-order valence-electron chi connectivity index (χ2n) is 5.95. The van der Waals surface area contributed by atoms with E-state index in [1.807, 2.05) is 19.1 Å². The Kier molecular flexibility index (Phi) is 5.20. The van der Waals surface area contributed by atoms with Crippen LogP contribution in [0.3, 0.4) is 0 Å². The minimum absolute atomic E-state index is 0.0647. The fourth-order valence-electron chi connectivity index (χ4n) is 2.89. The normalized spacial score (nSPS) is 18.7. The fraction of sp³-hybridized carbons (Fsp3) is 0.412. The number of hydrogen-bond acceptors (Lipinski definition) is 5. The number of anilines is 1. The second-order valence-corrected chi connectivity index (χ2v) is 5.95. The van der Waals surface area contributed by atoms with E-state index in [9.17, 15) is 4.79 Å². The Labute approximate surface area is 141 Å². The summed E-state index contributed by atoms with van der Waals surface area (Å²) >= 11 is 0. The van der Waals surface area contributed by atoms with Crippen molar-refractivity contribution in [3.63, 3.8) is 0 Å². The number of carbonyl (C=O) groups is 1. The first kappa shape index (κ1) is 16.2. The van der Waals surface area contributed by atoms with Crippen LogP contribution >= 0.6 is 0 Å². The Bertz CT molecular complexity index is 651. The summed E-state index contributed by atoms with van der Waals surface area (Å²) in [7, 11) is 0. The molecule has 0 bridgehead atoms. The van der Waals surface area contributed by atoms with Gasteiger partial charge in [-0.25, -0.2) is 14.8 Å². The van der Waals surface area contributed by atoms with E-state index in [-0.39, 0.29) is 18.1 Å². The van der Waals surface area contributed by atoms with Gasteiger partial charge < -0.3 is 15.5 Å². The minimum Gasteiger partial charge on any atom is -0.339 e. The Morgan fingerprint density at radius 1 is 1.25 bits per heavy atom. The van der Waals surface area contributed by atoms with Crippen LogP contribution in [0.2, 0.25) is 0 Å². The molecule has 1 saturated heterocycles. The van der Waals surface area contributed by atoms with Crippen molar-refractivity contribution in [2.75, 3.05) is 18.0 Å². The van der Waals surface area contributed by atoms with Crippen molar-refractivity contribution in [3.05, 3.63) is 48.5 Å². The van der Waals surface area contributed by atoms with Crippen molar-refractivity contribution < 1.29 is 4.79 Å². The maximum absolute atomic E-state index is 12.3. The molecule has 2 amide bonds. The molecule has 2 N–H and O–H groups in total. The van der Waals surface area contributed by atoms with Gasteiger partial charge in [0.15, 0.2) is 0 Å². The first-order valence-electron chi connectivity index (χ1n) is 8.21. The molecule has 0 saturated carbocycles. The van der Waals surface area contributed by atoms with E-state index in [0.29, 0.717) is 0 Å². The van der Waals surface area contributed by atoms with Gasteiger partial charge in [0.2, 0.25) is 5.95 Å². The minimum atomic E-state index is -0.153. The van der Waals surface area contributed by atoms with Crippen LogP contribution in [0.5, 0.6) is 0 Å². The molecule has 3 heterocycles. The molecule has 3 rings (SSSR count). The van der Waals surface area contributed by atoms with Gasteiger partial charge in [-0.05, 0) is 43.5 Å². The maximum atomic E-state index is 12.3. The van der Waals surface area contributed by atoms with E-state index in [1.165, 1.54) is 0 Å². The third kappa shape index (κ3) is 4.18. The zero-order chi connectivity index (χ0) is 16.8. The average molecular weight is 326 g/mol. The van der Waals surface area contributed by atoms with E-state index in [4.69, 9.17) is 0 Å². The molecule has 0 aliphatic carbocycles. The molecule has 2 atom stereocenters. The largest absolute Gasteiger partial charge is 0.339 e. The first-order valence-corrected chi connectivity index (χ1v) is 8.21. The van der Waals surface area contributed by atoms with Gasteiger partial charge in [-0.1, -0.05) is 0 Å². The Morgan fingerprint density at radius 2 is 2.00 bits per heavy atom. The number of carbonyl (C=O) groups excluding carboxylic acids is 1. The number of pyridine rings is 1. The van der Waals surface area contributed by atoms with Crippen LogP contribution in [-0.2, 0) is 0 Å². The van der Waals surface area contributed by atoms with Crippen molar-refractivity contribution in [1.29, 1.82) is 0 Å². The van der Waals surface area contributed by atoms with Gasteiger partial charge in [0.05, 0.1) is 6.04 Å². The van der Waals surface area contributed by atoms with Gasteiger partial charge in [-0.3, -0.25) is 4.98 Å². The lowest BCUT2D eigenvalue weighted by Crippen LogP contribution is -2.51. The molecule has 7 heteroatoms. The highest BCUT2D eigenvalue weighted by Gasteiger charge is 2.23. The Balaban J connectivity index is 1.53. The van der Waals surface area contributed by atoms with Crippen LogP contribution in [0.1, 0.15) is 31.4 Å². The van der Waals surface area contributed by atoms with Gasteiger partial charge in [-0.15, -0.1) is 0 Å². The summed E-state index contributed by atoms with van der Waals surface area (Å²) in [4.78, 5) is 26.9. The predicted molar refractivity (Wildman–Crippen MR) is 91.6 cm³/mol. The molecular weight excluding hydrogens is 304 g/mol.